The van der Waals surface area contributed by atoms with Crippen molar-refractivity contribution in [3.8, 4) is 0 Å². The largest absolute Gasteiger partial charge is 0.342 e. The van der Waals surface area contributed by atoms with Gasteiger partial charge in [0.05, 0.1) is 0 Å². The van der Waals surface area contributed by atoms with Crippen molar-refractivity contribution in [2.75, 3.05) is 20.1 Å². The van der Waals surface area contributed by atoms with Gasteiger partial charge in [-0.25, -0.2) is 0 Å². The average molecular weight is 287 g/mol. The molecule has 110 valence electrons. The first-order valence-corrected chi connectivity index (χ1v) is 7.76. The van der Waals surface area contributed by atoms with Gasteiger partial charge in [0.15, 0.2) is 0 Å². The van der Waals surface area contributed by atoms with Gasteiger partial charge in [0.1, 0.15) is 0 Å². The van der Waals surface area contributed by atoms with Crippen LogP contribution in [0, 0.1) is 17.8 Å². The predicted octanol–water partition coefficient (Wildman–Crippen LogP) is 2.44. The smallest absolute Gasteiger partial charge is 0.226 e. The maximum Gasteiger partial charge on any atom is 0.226 e. The number of rotatable bonds is 2. The molecule has 2 aliphatic carbocycles. The summed E-state index contributed by atoms with van der Waals surface area (Å²) in [5, 5.41) is 3.43. The number of nitrogens with zero attached hydrogens (tertiary/aromatic N) is 1. The third-order valence-corrected chi connectivity index (χ3v) is 5.38. The zero-order chi connectivity index (χ0) is 12.5. The molecule has 0 aromatic heterocycles. The fourth-order valence-electron chi connectivity index (χ4n) is 4.16. The molecule has 3 unspecified atom stereocenters. The van der Waals surface area contributed by atoms with Crippen molar-refractivity contribution in [3.05, 3.63) is 0 Å². The van der Waals surface area contributed by atoms with Gasteiger partial charge >= 0.3 is 0 Å². The summed E-state index contributed by atoms with van der Waals surface area (Å²) in [5.41, 5.74) is 0. The van der Waals surface area contributed by atoms with Gasteiger partial charge in [-0.05, 0) is 57.0 Å². The van der Waals surface area contributed by atoms with Crippen LogP contribution in [0.25, 0.3) is 0 Å². The number of carbonyl (C=O) groups excluding carboxylic acids is 1. The molecular weight excluding hydrogens is 260 g/mol. The van der Waals surface area contributed by atoms with E-state index in [1.165, 1.54) is 38.5 Å². The molecule has 1 aliphatic heterocycles. The maximum atomic E-state index is 12.6. The number of halogens is 1. The quantitative estimate of drug-likeness (QED) is 0.846. The van der Waals surface area contributed by atoms with E-state index in [1.54, 1.807) is 0 Å². The molecule has 3 fully saturated rings. The zero-order valence-corrected chi connectivity index (χ0v) is 12.8. The molecule has 4 heteroatoms. The number of carbonyl (C=O) groups is 1. The van der Waals surface area contributed by atoms with E-state index in [9.17, 15) is 4.79 Å². The predicted molar refractivity (Wildman–Crippen MR) is 79.5 cm³/mol. The Morgan fingerprint density at radius 1 is 1.00 bits per heavy atom. The van der Waals surface area contributed by atoms with E-state index in [1.807, 2.05) is 7.05 Å². The normalized spacial score (nSPS) is 37.5. The second-order valence-electron chi connectivity index (χ2n) is 6.42. The van der Waals surface area contributed by atoms with Crippen LogP contribution in [0.1, 0.15) is 44.9 Å². The highest BCUT2D eigenvalue weighted by atomic mass is 35.5. The van der Waals surface area contributed by atoms with Crippen molar-refractivity contribution in [3.63, 3.8) is 0 Å². The molecule has 1 saturated heterocycles. The number of amides is 1. The second kappa shape index (κ2) is 6.45. The number of fused-ring (bicyclic) bond motifs is 1. The lowest BCUT2D eigenvalue weighted by molar-refractivity contribution is -0.134. The third-order valence-electron chi connectivity index (χ3n) is 5.38. The minimum absolute atomic E-state index is 0. The van der Waals surface area contributed by atoms with Gasteiger partial charge in [-0.1, -0.05) is 12.8 Å². The van der Waals surface area contributed by atoms with Gasteiger partial charge in [-0.15, -0.1) is 12.4 Å². The molecule has 0 bridgehead atoms. The molecule has 1 amide bonds. The third kappa shape index (κ3) is 3.08. The topological polar surface area (TPSA) is 32.3 Å². The van der Waals surface area contributed by atoms with Crippen LogP contribution in [0.15, 0.2) is 0 Å². The summed E-state index contributed by atoms with van der Waals surface area (Å²) in [6, 6.07) is 0.482. The van der Waals surface area contributed by atoms with Gasteiger partial charge < -0.3 is 10.2 Å². The van der Waals surface area contributed by atoms with E-state index in [-0.39, 0.29) is 12.4 Å². The molecular formula is C15H27ClN2O. The van der Waals surface area contributed by atoms with Gasteiger partial charge in [0.25, 0.3) is 0 Å². The number of nitrogens with one attached hydrogen (secondary N) is 1. The summed E-state index contributed by atoms with van der Waals surface area (Å²) < 4.78 is 0. The van der Waals surface area contributed by atoms with Crippen LogP contribution in [0.2, 0.25) is 0 Å². The Morgan fingerprint density at radius 2 is 1.68 bits per heavy atom. The number of hydrogen-bond acceptors (Lipinski definition) is 2. The van der Waals surface area contributed by atoms with Crippen molar-refractivity contribution in [2.45, 2.75) is 51.0 Å². The van der Waals surface area contributed by atoms with E-state index < -0.39 is 0 Å². The lowest BCUT2D eigenvalue weighted by atomic mass is 10.0. The molecule has 0 spiro atoms. The first kappa shape index (κ1) is 15.1. The second-order valence-corrected chi connectivity index (χ2v) is 6.42. The molecule has 1 N–H and O–H groups in total. The Balaban J connectivity index is 0.00000133. The first-order valence-electron chi connectivity index (χ1n) is 7.76. The van der Waals surface area contributed by atoms with Gasteiger partial charge in [0, 0.05) is 19.0 Å². The average Bonchev–Trinajstić information content (AvgIpc) is 3.17. The molecule has 2 saturated carbocycles. The molecule has 0 radical (unpaired) electrons. The Kier molecular flexibility index (Phi) is 5.13. The van der Waals surface area contributed by atoms with E-state index in [0.29, 0.717) is 17.9 Å². The highest BCUT2D eigenvalue weighted by molar-refractivity contribution is 5.85. The van der Waals surface area contributed by atoms with E-state index >= 15 is 0 Å². The first-order chi connectivity index (χ1) is 8.79. The highest BCUT2D eigenvalue weighted by Crippen LogP contribution is 2.56. The molecule has 19 heavy (non-hydrogen) atoms. The molecule has 1 heterocycles. The van der Waals surface area contributed by atoms with Crippen molar-refractivity contribution in [1.82, 2.24) is 10.2 Å². The highest BCUT2D eigenvalue weighted by Gasteiger charge is 2.55. The van der Waals surface area contributed by atoms with Crippen molar-refractivity contribution >= 4 is 18.3 Å². The van der Waals surface area contributed by atoms with E-state index in [2.05, 4.69) is 10.2 Å². The summed E-state index contributed by atoms with van der Waals surface area (Å²) in [7, 11) is 2.04. The van der Waals surface area contributed by atoms with Crippen LogP contribution in [0.3, 0.4) is 0 Å². The van der Waals surface area contributed by atoms with Crippen LogP contribution in [0.5, 0.6) is 0 Å². The van der Waals surface area contributed by atoms with Crippen LogP contribution in [-0.4, -0.2) is 37.0 Å². The minimum Gasteiger partial charge on any atom is -0.342 e. The van der Waals surface area contributed by atoms with Crippen molar-refractivity contribution < 1.29 is 4.79 Å². The maximum absolute atomic E-state index is 12.6. The van der Waals surface area contributed by atoms with Crippen LogP contribution in [-0.2, 0) is 4.79 Å². The van der Waals surface area contributed by atoms with Crippen LogP contribution >= 0.6 is 12.4 Å². The SMILES string of the molecule is CN(C(=O)C1C2CCCCC21)C1CCCNCC1.Cl. The van der Waals surface area contributed by atoms with E-state index in [0.717, 1.165) is 31.3 Å². The van der Waals surface area contributed by atoms with Crippen LogP contribution in [0.4, 0.5) is 0 Å². The van der Waals surface area contributed by atoms with Gasteiger partial charge in [0.2, 0.25) is 5.91 Å². The Bertz CT molecular complexity index is 303. The molecule has 3 aliphatic rings. The van der Waals surface area contributed by atoms with Crippen molar-refractivity contribution in [2.24, 2.45) is 17.8 Å². The number of hydrogen-bond donors (Lipinski definition) is 1. The molecule has 3 rings (SSSR count). The fourth-order valence-corrected chi connectivity index (χ4v) is 4.16. The van der Waals surface area contributed by atoms with Gasteiger partial charge in [-0.3, -0.25) is 4.79 Å². The van der Waals surface area contributed by atoms with Gasteiger partial charge in [-0.2, -0.15) is 0 Å². The summed E-state index contributed by atoms with van der Waals surface area (Å²) >= 11 is 0. The van der Waals surface area contributed by atoms with E-state index in [4.69, 9.17) is 0 Å². The lowest BCUT2D eigenvalue weighted by Gasteiger charge is -2.27. The molecule has 0 aromatic carbocycles. The summed E-state index contributed by atoms with van der Waals surface area (Å²) in [6.07, 6.45) is 8.83. The molecule has 3 nitrogen and oxygen atoms in total. The lowest BCUT2D eigenvalue weighted by Crippen LogP contribution is -2.39. The Morgan fingerprint density at radius 3 is 2.37 bits per heavy atom. The molecule has 0 aromatic rings. The summed E-state index contributed by atoms with van der Waals surface area (Å²) in [4.78, 5) is 14.7. The summed E-state index contributed by atoms with van der Waals surface area (Å²) in [5.74, 6) is 2.35. The zero-order valence-electron chi connectivity index (χ0n) is 11.9. The Labute approximate surface area is 122 Å². The van der Waals surface area contributed by atoms with Crippen molar-refractivity contribution in [1.29, 1.82) is 0 Å². The van der Waals surface area contributed by atoms with Crippen LogP contribution < -0.4 is 5.32 Å². The fraction of sp³-hybridized carbons (Fsp3) is 0.933. The standard InChI is InChI=1S/C15H26N2O.ClH/c1-17(11-5-4-9-16-10-8-11)15(18)14-12-6-2-3-7-13(12)14;/h11-14,16H,2-10H2,1H3;1H. The monoisotopic (exact) mass is 286 g/mol. The Hall–Kier alpha value is -0.280. The minimum atomic E-state index is 0. The molecule has 3 atom stereocenters. The summed E-state index contributed by atoms with van der Waals surface area (Å²) in [6.45, 7) is 2.19.